The second-order valence-corrected chi connectivity index (χ2v) is 4.48. The zero-order valence-corrected chi connectivity index (χ0v) is 10.6. The number of nitrogen functional groups attached to an aromatic ring is 1. The number of halogens is 1. The molecule has 2 N–H and O–H groups in total. The maximum atomic E-state index is 5.84. The minimum atomic E-state index is 0.442. The van der Waals surface area contributed by atoms with Crippen LogP contribution in [0.1, 0.15) is 0 Å². The molecule has 3 aromatic rings. The summed E-state index contributed by atoms with van der Waals surface area (Å²) < 4.78 is 5.63. The summed E-state index contributed by atoms with van der Waals surface area (Å²) in [6.07, 6.45) is 0. The van der Waals surface area contributed by atoms with E-state index in [9.17, 15) is 0 Å². The predicted molar refractivity (Wildman–Crippen MR) is 74.6 cm³/mol. The van der Waals surface area contributed by atoms with E-state index in [1.807, 2.05) is 24.3 Å². The summed E-state index contributed by atoms with van der Waals surface area (Å²) in [7, 11) is 0. The van der Waals surface area contributed by atoms with Crippen LogP contribution in [-0.2, 0) is 0 Å². The molecule has 2 aromatic carbocycles. The number of hydrogen-bond donors (Lipinski definition) is 1. The normalized spacial score (nSPS) is 10.6. The van der Waals surface area contributed by atoms with Crippen molar-refractivity contribution in [1.29, 1.82) is 0 Å². The van der Waals surface area contributed by atoms with Gasteiger partial charge in [0, 0.05) is 21.8 Å². The van der Waals surface area contributed by atoms with Gasteiger partial charge >= 0.3 is 0 Å². The first-order valence-corrected chi connectivity index (χ1v) is 6.05. The minimum Gasteiger partial charge on any atom is -0.416 e. The van der Waals surface area contributed by atoms with Gasteiger partial charge in [-0.05, 0) is 42.5 Å². The highest BCUT2D eigenvalue weighted by Crippen LogP contribution is 2.25. The van der Waals surface area contributed by atoms with Gasteiger partial charge < -0.3 is 10.2 Å². The highest BCUT2D eigenvalue weighted by Gasteiger charge is 2.10. The highest BCUT2D eigenvalue weighted by atomic mass is 35.5. The van der Waals surface area contributed by atoms with Gasteiger partial charge in [0.05, 0.1) is 0 Å². The lowest BCUT2D eigenvalue weighted by Gasteiger charge is -1.96. The molecule has 94 valence electrons. The van der Waals surface area contributed by atoms with Gasteiger partial charge in [-0.25, -0.2) is 0 Å². The largest absolute Gasteiger partial charge is 0.416 e. The monoisotopic (exact) mass is 271 g/mol. The molecule has 0 amide bonds. The third-order valence-corrected chi connectivity index (χ3v) is 2.90. The first-order valence-electron chi connectivity index (χ1n) is 5.68. The van der Waals surface area contributed by atoms with Crippen LogP contribution >= 0.6 is 11.6 Å². The molecule has 0 aliphatic carbocycles. The van der Waals surface area contributed by atoms with Crippen molar-refractivity contribution in [2.45, 2.75) is 0 Å². The van der Waals surface area contributed by atoms with Crippen molar-refractivity contribution in [3.63, 3.8) is 0 Å². The fraction of sp³-hybridized carbons (Fsp3) is 0. The van der Waals surface area contributed by atoms with E-state index in [4.69, 9.17) is 21.8 Å². The number of nitrogens with two attached hydrogens (primary N) is 1. The van der Waals surface area contributed by atoms with Crippen molar-refractivity contribution in [3.8, 4) is 22.9 Å². The molecule has 0 spiro atoms. The summed E-state index contributed by atoms with van der Waals surface area (Å²) in [5.74, 6) is 0.895. The van der Waals surface area contributed by atoms with Crippen LogP contribution in [0.2, 0.25) is 5.02 Å². The third kappa shape index (κ3) is 2.44. The summed E-state index contributed by atoms with van der Waals surface area (Å²) in [6, 6.07) is 14.5. The van der Waals surface area contributed by atoms with Crippen molar-refractivity contribution >= 4 is 17.3 Å². The first-order chi connectivity index (χ1) is 9.22. The van der Waals surface area contributed by atoms with Crippen LogP contribution in [0.3, 0.4) is 0 Å². The summed E-state index contributed by atoms with van der Waals surface area (Å²) in [6.45, 7) is 0. The van der Waals surface area contributed by atoms with Crippen molar-refractivity contribution in [2.24, 2.45) is 0 Å². The second-order valence-electron chi connectivity index (χ2n) is 4.04. The second kappa shape index (κ2) is 4.74. The number of benzene rings is 2. The standard InChI is InChI=1S/C14H10ClN3O/c15-11-6-4-9(5-7-11)13-17-18-14(19-13)10-2-1-3-12(16)8-10/h1-8H,16H2. The summed E-state index contributed by atoms with van der Waals surface area (Å²) >= 11 is 5.84. The van der Waals surface area contributed by atoms with Crippen LogP contribution in [-0.4, -0.2) is 10.2 Å². The minimum absolute atomic E-state index is 0.442. The van der Waals surface area contributed by atoms with E-state index >= 15 is 0 Å². The Hall–Kier alpha value is -2.33. The summed E-state index contributed by atoms with van der Waals surface area (Å²) in [5, 5.41) is 8.71. The maximum Gasteiger partial charge on any atom is 0.248 e. The van der Waals surface area contributed by atoms with Gasteiger partial charge in [0.1, 0.15) is 0 Å². The molecular weight excluding hydrogens is 262 g/mol. The molecule has 0 atom stereocenters. The maximum absolute atomic E-state index is 5.84. The van der Waals surface area contributed by atoms with Crippen LogP contribution in [0, 0.1) is 0 Å². The Morgan fingerprint density at radius 1 is 0.895 bits per heavy atom. The molecule has 5 heteroatoms. The molecular formula is C14H10ClN3O. The molecule has 0 unspecified atom stereocenters. The number of aromatic nitrogens is 2. The molecule has 0 fully saturated rings. The predicted octanol–water partition coefficient (Wildman–Crippen LogP) is 3.64. The zero-order chi connectivity index (χ0) is 13.2. The van der Waals surface area contributed by atoms with E-state index in [0.717, 1.165) is 11.1 Å². The van der Waals surface area contributed by atoms with Crippen LogP contribution in [0.25, 0.3) is 22.9 Å². The molecule has 0 saturated heterocycles. The molecule has 0 radical (unpaired) electrons. The highest BCUT2D eigenvalue weighted by molar-refractivity contribution is 6.30. The molecule has 4 nitrogen and oxygen atoms in total. The average molecular weight is 272 g/mol. The van der Waals surface area contributed by atoms with Gasteiger partial charge in [0.15, 0.2) is 0 Å². The van der Waals surface area contributed by atoms with Gasteiger partial charge in [-0.1, -0.05) is 17.7 Å². The molecule has 1 heterocycles. The number of rotatable bonds is 2. The van der Waals surface area contributed by atoms with Crippen LogP contribution in [0.5, 0.6) is 0 Å². The van der Waals surface area contributed by atoms with E-state index in [-0.39, 0.29) is 0 Å². The smallest absolute Gasteiger partial charge is 0.248 e. The Labute approximate surface area is 114 Å². The Bertz CT molecular complexity index is 707. The molecule has 0 aliphatic heterocycles. The first kappa shape index (κ1) is 11.7. The molecule has 0 saturated carbocycles. The van der Waals surface area contributed by atoms with E-state index in [2.05, 4.69) is 10.2 Å². The van der Waals surface area contributed by atoms with Gasteiger partial charge in [-0.3, -0.25) is 0 Å². The Kier molecular flexibility index (Phi) is 2.93. The van der Waals surface area contributed by atoms with Gasteiger partial charge in [0.25, 0.3) is 0 Å². The van der Waals surface area contributed by atoms with E-state index in [1.165, 1.54) is 0 Å². The lowest BCUT2D eigenvalue weighted by Crippen LogP contribution is -1.84. The Morgan fingerprint density at radius 2 is 1.58 bits per heavy atom. The zero-order valence-electron chi connectivity index (χ0n) is 9.88. The Morgan fingerprint density at radius 3 is 2.26 bits per heavy atom. The number of nitrogens with zero attached hydrogens (tertiary/aromatic N) is 2. The number of hydrogen-bond acceptors (Lipinski definition) is 4. The SMILES string of the molecule is Nc1cccc(-c2nnc(-c3ccc(Cl)cc3)o2)c1. The lowest BCUT2D eigenvalue weighted by molar-refractivity contribution is 0.584. The summed E-state index contributed by atoms with van der Waals surface area (Å²) in [5.41, 5.74) is 8.01. The molecule has 0 aliphatic rings. The topological polar surface area (TPSA) is 64.9 Å². The number of anilines is 1. The average Bonchev–Trinajstić information content (AvgIpc) is 2.89. The van der Waals surface area contributed by atoms with E-state index < -0.39 is 0 Å². The lowest BCUT2D eigenvalue weighted by atomic mass is 10.2. The van der Waals surface area contributed by atoms with Crippen molar-refractivity contribution < 1.29 is 4.42 Å². The fourth-order valence-corrected chi connectivity index (χ4v) is 1.85. The van der Waals surface area contributed by atoms with Crippen LogP contribution in [0.4, 0.5) is 5.69 Å². The van der Waals surface area contributed by atoms with Gasteiger partial charge in [0.2, 0.25) is 11.8 Å². The van der Waals surface area contributed by atoms with Crippen LogP contribution < -0.4 is 5.73 Å². The van der Waals surface area contributed by atoms with Gasteiger partial charge in [-0.2, -0.15) is 0 Å². The fourth-order valence-electron chi connectivity index (χ4n) is 1.72. The molecule has 0 bridgehead atoms. The molecule has 3 rings (SSSR count). The van der Waals surface area contributed by atoms with Crippen molar-refractivity contribution in [1.82, 2.24) is 10.2 Å². The summed E-state index contributed by atoms with van der Waals surface area (Å²) in [4.78, 5) is 0. The van der Waals surface area contributed by atoms with Crippen molar-refractivity contribution in [2.75, 3.05) is 5.73 Å². The molecule has 1 aromatic heterocycles. The Balaban J connectivity index is 1.97. The van der Waals surface area contributed by atoms with E-state index in [1.54, 1.807) is 24.3 Å². The third-order valence-electron chi connectivity index (χ3n) is 2.65. The van der Waals surface area contributed by atoms with Crippen molar-refractivity contribution in [3.05, 3.63) is 53.6 Å². The van der Waals surface area contributed by atoms with Crippen LogP contribution in [0.15, 0.2) is 52.9 Å². The van der Waals surface area contributed by atoms with Gasteiger partial charge in [-0.15, -0.1) is 10.2 Å². The van der Waals surface area contributed by atoms with E-state index in [0.29, 0.717) is 22.5 Å². The quantitative estimate of drug-likeness (QED) is 0.723. The molecule has 19 heavy (non-hydrogen) atoms.